The lowest BCUT2D eigenvalue weighted by Gasteiger charge is -2.40. The summed E-state index contributed by atoms with van der Waals surface area (Å²) >= 11 is 0. The van der Waals surface area contributed by atoms with Crippen molar-refractivity contribution in [3.63, 3.8) is 0 Å². The summed E-state index contributed by atoms with van der Waals surface area (Å²) in [6.45, 7) is 2.39. The molecule has 2 aromatic rings. The molecule has 11 heteroatoms. The summed E-state index contributed by atoms with van der Waals surface area (Å²) in [7, 11) is 1.25. The fraction of sp³-hybridized carbons (Fsp3) is 0.391. The number of ether oxygens (including phenoxy) is 1. The Morgan fingerprint density at radius 1 is 1.03 bits per heavy atom. The Bertz CT molecular complexity index is 1040. The summed E-state index contributed by atoms with van der Waals surface area (Å²) in [5.74, 6) is -2.52. The summed E-state index contributed by atoms with van der Waals surface area (Å²) in [6, 6.07) is 5.74. The first-order valence-corrected chi connectivity index (χ1v) is 10.4. The van der Waals surface area contributed by atoms with E-state index in [1.807, 2.05) is 0 Å². The third-order valence-corrected chi connectivity index (χ3v) is 5.56. The van der Waals surface area contributed by atoms with Crippen LogP contribution in [0, 0.1) is 0 Å². The van der Waals surface area contributed by atoms with Gasteiger partial charge in [-0.15, -0.1) is 0 Å². The lowest BCUT2D eigenvalue weighted by Crippen LogP contribution is -2.46. The second-order valence-electron chi connectivity index (χ2n) is 7.75. The topological polar surface area (TPSA) is 58.6 Å². The molecule has 5 nitrogen and oxygen atoms in total. The molecule has 0 fully saturated rings. The van der Waals surface area contributed by atoms with Crippen LogP contribution in [-0.4, -0.2) is 43.5 Å². The molecule has 3 rings (SSSR count). The van der Waals surface area contributed by atoms with Crippen molar-refractivity contribution in [3.05, 3.63) is 70.3 Å². The summed E-state index contributed by atoms with van der Waals surface area (Å²) in [5.41, 5.74) is -3.12. The summed E-state index contributed by atoms with van der Waals surface area (Å²) in [5, 5.41) is 2.61. The van der Waals surface area contributed by atoms with Gasteiger partial charge in [0.25, 0.3) is 5.91 Å². The fourth-order valence-corrected chi connectivity index (χ4v) is 4.02. The number of likely N-dealkylation sites (N-methyl/N-ethyl adjacent to an activating group) is 1. The standard InChI is InChI=1S/C23H22F6N2O3/c1-3-34-9-8-30-20(32)18-16-6-4-5-7-17(16)21(33)31(2)19(18)13-10-14(22(24,25)26)12-15(11-13)23(27,28)29/h4-7,10-12,18-19H,3,8-9H2,1-2H3,(H,30,32). The van der Waals surface area contributed by atoms with Crippen molar-refractivity contribution in [2.45, 2.75) is 31.2 Å². The van der Waals surface area contributed by atoms with Crippen molar-refractivity contribution >= 4 is 11.8 Å². The van der Waals surface area contributed by atoms with Crippen molar-refractivity contribution in [2.24, 2.45) is 0 Å². The number of fused-ring (bicyclic) bond motifs is 1. The average molecular weight is 488 g/mol. The highest BCUT2D eigenvalue weighted by atomic mass is 19.4. The number of halogens is 6. The largest absolute Gasteiger partial charge is 0.416 e. The van der Waals surface area contributed by atoms with Crippen LogP contribution in [0.5, 0.6) is 0 Å². The Hall–Kier alpha value is -3.08. The minimum atomic E-state index is -5.07. The molecule has 0 saturated heterocycles. The molecule has 2 amide bonds. The highest BCUT2D eigenvalue weighted by Gasteiger charge is 2.45. The van der Waals surface area contributed by atoms with Crippen LogP contribution in [0.4, 0.5) is 26.3 Å². The van der Waals surface area contributed by atoms with Gasteiger partial charge in [0.05, 0.1) is 29.7 Å². The number of alkyl halides is 6. The maximum absolute atomic E-state index is 13.5. The molecule has 2 unspecified atom stereocenters. The Morgan fingerprint density at radius 3 is 2.18 bits per heavy atom. The van der Waals surface area contributed by atoms with Crippen molar-refractivity contribution in [3.8, 4) is 0 Å². The zero-order chi connectivity index (χ0) is 25.3. The molecule has 1 heterocycles. The predicted molar refractivity (Wildman–Crippen MR) is 110 cm³/mol. The lowest BCUT2D eigenvalue weighted by molar-refractivity contribution is -0.143. The zero-order valence-electron chi connectivity index (χ0n) is 18.3. The Morgan fingerprint density at radius 2 is 1.62 bits per heavy atom. The first-order valence-electron chi connectivity index (χ1n) is 10.4. The van der Waals surface area contributed by atoms with Gasteiger partial charge in [-0.05, 0) is 42.3 Å². The number of nitrogens with one attached hydrogen (secondary N) is 1. The Labute approximate surface area is 191 Å². The van der Waals surface area contributed by atoms with Gasteiger partial charge in [-0.2, -0.15) is 26.3 Å². The SMILES string of the molecule is CCOCCNC(=O)C1c2ccccc2C(=O)N(C)C1c1cc(C(F)(F)F)cc(C(F)(F)F)c1. The van der Waals surface area contributed by atoms with Crippen LogP contribution in [0.15, 0.2) is 42.5 Å². The molecule has 34 heavy (non-hydrogen) atoms. The van der Waals surface area contributed by atoms with E-state index in [-0.39, 0.29) is 30.3 Å². The van der Waals surface area contributed by atoms with Crippen LogP contribution in [-0.2, 0) is 21.9 Å². The average Bonchev–Trinajstić information content (AvgIpc) is 2.77. The predicted octanol–water partition coefficient (Wildman–Crippen LogP) is 4.79. The van der Waals surface area contributed by atoms with Gasteiger partial charge in [0.1, 0.15) is 0 Å². The van der Waals surface area contributed by atoms with E-state index in [0.717, 1.165) is 4.90 Å². The van der Waals surface area contributed by atoms with Crippen LogP contribution < -0.4 is 5.32 Å². The number of carbonyl (C=O) groups excluding carboxylic acids is 2. The van der Waals surface area contributed by atoms with Crippen LogP contribution in [0.3, 0.4) is 0 Å². The number of hydrogen-bond donors (Lipinski definition) is 1. The quantitative estimate of drug-likeness (QED) is 0.470. The highest BCUT2D eigenvalue weighted by Crippen LogP contribution is 2.45. The van der Waals surface area contributed by atoms with Crippen molar-refractivity contribution in [2.75, 3.05) is 26.8 Å². The van der Waals surface area contributed by atoms with Crippen LogP contribution in [0.25, 0.3) is 0 Å². The van der Waals surface area contributed by atoms with E-state index in [9.17, 15) is 35.9 Å². The molecule has 184 valence electrons. The van der Waals surface area contributed by atoms with Crippen molar-refractivity contribution < 1.29 is 40.7 Å². The molecule has 0 aliphatic carbocycles. The maximum atomic E-state index is 13.5. The molecule has 1 aliphatic heterocycles. The smallest absolute Gasteiger partial charge is 0.380 e. The van der Waals surface area contributed by atoms with Gasteiger partial charge in [-0.25, -0.2) is 0 Å². The number of nitrogens with zero attached hydrogens (tertiary/aromatic N) is 1. The normalized spacial score (nSPS) is 18.6. The molecule has 0 spiro atoms. The van der Waals surface area contributed by atoms with E-state index in [2.05, 4.69) is 5.32 Å². The van der Waals surface area contributed by atoms with Gasteiger partial charge in [0.15, 0.2) is 0 Å². The van der Waals surface area contributed by atoms with Gasteiger partial charge < -0.3 is 15.0 Å². The van der Waals surface area contributed by atoms with E-state index in [1.54, 1.807) is 19.1 Å². The van der Waals surface area contributed by atoms with E-state index >= 15 is 0 Å². The fourth-order valence-electron chi connectivity index (χ4n) is 4.02. The molecule has 2 aromatic carbocycles. The minimum absolute atomic E-state index is 0.0132. The van der Waals surface area contributed by atoms with Crippen molar-refractivity contribution in [1.82, 2.24) is 10.2 Å². The Balaban J connectivity index is 2.17. The van der Waals surface area contributed by atoms with E-state index in [4.69, 9.17) is 4.74 Å². The summed E-state index contributed by atoms with van der Waals surface area (Å²) < 4.78 is 86.0. The van der Waals surface area contributed by atoms with Gasteiger partial charge in [-0.3, -0.25) is 9.59 Å². The number of hydrogen-bond acceptors (Lipinski definition) is 3. The minimum Gasteiger partial charge on any atom is -0.380 e. The van der Waals surface area contributed by atoms with Crippen LogP contribution in [0.1, 0.15) is 51.5 Å². The summed E-state index contributed by atoms with van der Waals surface area (Å²) in [4.78, 5) is 27.1. The van der Waals surface area contributed by atoms with Crippen molar-refractivity contribution in [1.29, 1.82) is 0 Å². The van der Waals surface area contributed by atoms with E-state index in [0.29, 0.717) is 18.7 Å². The van der Waals surface area contributed by atoms with Crippen LogP contribution >= 0.6 is 0 Å². The molecule has 0 bridgehead atoms. The maximum Gasteiger partial charge on any atom is 0.416 e. The zero-order valence-corrected chi connectivity index (χ0v) is 18.3. The van der Waals surface area contributed by atoms with Gasteiger partial charge in [0, 0.05) is 25.8 Å². The molecule has 2 atom stereocenters. The molecule has 0 aromatic heterocycles. The molecule has 0 radical (unpaired) electrons. The van der Waals surface area contributed by atoms with Crippen LogP contribution in [0.2, 0.25) is 0 Å². The monoisotopic (exact) mass is 488 g/mol. The number of rotatable bonds is 6. The van der Waals surface area contributed by atoms with Gasteiger partial charge >= 0.3 is 12.4 Å². The third kappa shape index (κ3) is 5.19. The first kappa shape index (κ1) is 25.5. The lowest BCUT2D eigenvalue weighted by atomic mass is 9.78. The molecular formula is C23H22F6N2O3. The first-order chi connectivity index (χ1) is 15.9. The molecule has 1 N–H and O–H groups in total. The molecular weight excluding hydrogens is 466 g/mol. The van der Waals surface area contributed by atoms with E-state index < -0.39 is 52.8 Å². The number of benzene rings is 2. The summed E-state index contributed by atoms with van der Waals surface area (Å²) in [6.07, 6.45) is -10.1. The molecule has 1 aliphatic rings. The Kier molecular flexibility index (Phi) is 7.25. The third-order valence-electron chi connectivity index (χ3n) is 5.56. The van der Waals surface area contributed by atoms with Gasteiger partial charge in [-0.1, -0.05) is 18.2 Å². The molecule has 0 saturated carbocycles. The number of carbonyl (C=O) groups is 2. The second-order valence-corrected chi connectivity index (χ2v) is 7.75. The van der Waals surface area contributed by atoms with E-state index in [1.165, 1.54) is 19.2 Å². The number of amides is 2. The highest BCUT2D eigenvalue weighted by molar-refractivity contribution is 6.01. The second kappa shape index (κ2) is 9.65. The van der Waals surface area contributed by atoms with Gasteiger partial charge in [0.2, 0.25) is 5.91 Å².